The molecule has 0 atom stereocenters. The van der Waals surface area contributed by atoms with Crippen LogP contribution in [0.2, 0.25) is 0 Å². The van der Waals surface area contributed by atoms with Gasteiger partial charge in [-0.3, -0.25) is 14.8 Å². The highest BCUT2D eigenvalue weighted by Gasteiger charge is 2.16. The molecule has 0 aliphatic rings. The number of ketones is 1. The minimum absolute atomic E-state index is 0.103. The SMILES string of the molecule is O=C(Cc1ccccn1)c1cc(Oc2cccnc2)cn2ncnc12. The normalized spacial score (nSPS) is 10.7. The van der Waals surface area contributed by atoms with Crippen LogP contribution in [0.5, 0.6) is 11.5 Å². The van der Waals surface area contributed by atoms with E-state index in [9.17, 15) is 4.79 Å². The Hall–Kier alpha value is -3.61. The average Bonchev–Trinajstić information content (AvgIpc) is 3.11. The summed E-state index contributed by atoms with van der Waals surface area (Å²) in [6.07, 6.45) is 8.18. The Morgan fingerprint density at radius 1 is 1.08 bits per heavy atom. The summed E-state index contributed by atoms with van der Waals surface area (Å²) in [5.74, 6) is 0.953. The standard InChI is InChI=1S/C18H13N5O2/c24-17(8-13-4-1-2-7-20-13)16-9-15(11-23-18(16)21-12-22-23)25-14-5-3-6-19-10-14/h1-7,9-12H,8H2. The number of aromatic nitrogens is 5. The largest absolute Gasteiger partial charge is 0.454 e. The van der Waals surface area contributed by atoms with Crippen LogP contribution in [0.15, 0.2) is 67.5 Å². The second-order valence-corrected chi connectivity index (χ2v) is 5.33. The second kappa shape index (κ2) is 6.48. The summed E-state index contributed by atoms with van der Waals surface area (Å²) < 4.78 is 7.30. The Balaban J connectivity index is 1.69. The zero-order valence-electron chi connectivity index (χ0n) is 13.1. The highest BCUT2D eigenvalue weighted by Crippen LogP contribution is 2.24. The number of pyridine rings is 3. The van der Waals surface area contributed by atoms with Crippen LogP contribution < -0.4 is 4.74 Å². The summed E-state index contributed by atoms with van der Waals surface area (Å²) in [4.78, 5) is 25.1. The summed E-state index contributed by atoms with van der Waals surface area (Å²) in [7, 11) is 0. The Labute approximate surface area is 143 Å². The van der Waals surface area contributed by atoms with Crippen LogP contribution in [0.3, 0.4) is 0 Å². The number of rotatable bonds is 5. The molecule has 122 valence electrons. The molecule has 0 aliphatic heterocycles. The van der Waals surface area contributed by atoms with Crippen molar-refractivity contribution in [2.24, 2.45) is 0 Å². The first-order chi connectivity index (χ1) is 12.3. The van der Waals surface area contributed by atoms with Crippen LogP contribution in [0.25, 0.3) is 5.65 Å². The summed E-state index contributed by atoms with van der Waals surface area (Å²) in [6, 6.07) is 10.7. The van der Waals surface area contributed by atoms with Gasteiger partial charge in [0.25, 0.3) is 0 Å². The zero-order chi connectivity index (χ0) is 17.1. The lowest BCUT2D eigenvalue weighted by Crippen LogP contribution is -2.08. The number of ether oxygens (including phenoxy) is 1. The van der Waals surface area contributed by atoms with Crippen molar-refractivity contribution in [1.29, 1.82) is 0 Å². The van der Waals surface area contributed by atoms with Gasteiger partial charge in [-0.25, -0.2) is 9.50 Å². The van der Waals surface area contributed by atoms with Crippen LogP contribution in [0.4, 0.5) is 0 Å². The quantitative estimate of drug-likeness (QED) is 0.523. The monoisotopic (exact) mass is 331 g/mol. The molecule has 0 amide bonds. The van der Waals surface area contributed by atoms with Gasteiger partial charge in [0.05, 0.1) is 24.4 Å². The second-order valence-electron chi connectivity index (χ2n) is 5.33. The predicted molar refractivity (Wildman–Crippen MR) is 89.6 cm³/mol. The zero-order valence-corrected chi connectivity index (χ0v) is 13.1. The molecule has 0 N–H and O–H groups in total. The number of carbonyl (C=O) groups is 1. The van der Waals surface area contributed by atoms with E-state index in [2.05, 4.69) is 20.1 Å². The lowest BCUT2D eigenvalue weighted by Gasteiger charge is -2.08. The average molecular weight is 331 g/mol. The highest BCUT2D eigenvalue weighted by atomic mass is 16.5. The lowest BCUT2D eigenvalue weighted by molar-refractivity contribution is 0.0992. The number of hydrogen-bond donors (Lipinski definition) is 0. The Kier molecular flexibility index (Phi) is 3.88. The maximum Gasteiger partial charge on any atom is 0.172 e. The Morgan fingerprint density at radius 2 is 2.04 bits per heavy atom. The van der Waals surface area contributed by atoms with Crippen molar-refractivity contribution in [3.8, 4) is 11.5 Å². The van der Waals surface area contributed by atoms with Crippen molar-refractivity contribution < 1.29 is 9.53 Å². The summed E-state index contributed by atoms with van der Waals surface area (Å²) >= 11 is 0. The molecule has 0 unspecified atom stereocenters. The van der Waals surface area contributed by atoms with E-state index in [0.29, 0.717) is 28.4 Å². The molecular formula is C18H13N5O2. The first-order valence-electron chi connectivity index (χ1n) is 7.64. The van der Waals surface area contributed by atoms with E-state index in [1.54, 1.807) is 43.0 Å². The van der Waals surface area contributed by atoms with Crippen LogP contribution >= 0.6 is 0 Å². The van der Waals surface area contributed by atoms with E-state index in [1.165, 1.54) is 10.8 Å². The smallest absolute Gasteiger partial charge is 0.172 e. The van der Waals surface area contributed by atoms with Gasteiger partial charge in [-0.1, -0.05) is 6.07 Å². The van der Waals surface area contributed by atoms with Crippen LogP contribution in [-0.4, -0.2) is 30.3 Å². The van der Waals surface area contributed by atoms with Crippen LogP contribution in [-0.2, 0) is 6.42 Å². The van der Waals surface area contributed by atoms with Crippen molar-refractivity contribution in [2.75, 3.05) is 0 Å². The van der Waals surface area contributed by atoms with Gasteiger partial charge in [-0.2, -0.15) is 5.10 Å². The highest BCUT2D eigenvalue weighted by molar-refractivity contribution is 6.02. The predicted octanol–water partition coefficient (Wildman–Crippen LogP) is 2.74. The summed E-state index contributed by atoms with van der Waals surface area (Å²) in [5, 5.41) is 4.11. The van der Waals surface area contributed by atoms with Crippen LogP contribution in [0.1, 0.15) is 16.1 Å². The van der Waals surface area contributed by atoms with Gasteiger partial charge in [-0.05, 0) is 30.3 Å². The number of carbonyl (C=O) groups excluding carboxylic acids is 1. The number of Topliss-reactive ketones (excluding diaryl/α,β-unsaturated/α-hetero) is 1. The van der Waals surface area contributed by atoms with Crippen molar-refractivity contribution in [3.63, 3.8) is 0 Å². The van der Waals surface area contributed by atoms with E-state index >= 15 is 0 Å². The molecule has 25 heavy (non-hydrogen) atoms. The maximum atomic E-state index is 12.7. The van der Waals surface area contributed by atoms with Gasteiger partial charge in [0.2, 0.25) is 0 Å². The van der Waals surface area contributed by atoms with E-state index in [4.69, 9.17) is 4.74 Å². The van der Waals surface area contributed by atoms with Crippen molar-refractivity contribution in [2.45, 2.75) is 6.42 Å². The molecule has 0 aromatic carbocycles. The molecule has 4 rings (SSSR count). The molecule has 4 aromatic rings. The number of hydrogen-bond acceptors (Lipinski definition) is 6. The molecule has 0 bridgehead atoms. The van der Waals surface area contributed by atoms with Gasteiger partial charge in [0.1, 0.15) is 17.8 Å². The van der Waals surface area contributed by atoms with Crippen molar-refractivity contribution >= 4 is 11.4 Å². The van der Waals surface area contributed by atoms with Gasteiger partial charge in [0, 0.05) is 18.1 Å². The fraction of sp³-hybridized carbons (Fsp3) is 0.0556. The van der Waals surface area contributed by atoms with Crippen molar-refractivity contribution in [1.82, 2.24) is 24.6 Å². The third-order valence-corrected chi connectivity index (χ3v) is 3.59. The number of fused-ring (bicyclic) bond motifs is 1. The van der Waals surface area contributed by atoms with Gasteiger partial charge < -0.3 is 4.74 Å². The molecule has 4 aromatic heterocycles. The fourth-order valence-corrected chi connectivity index (χ4v) is 2.47. The third kappa shape index (κ3) is 3.20. The maximum absolute atomic E-state index is 12.7. The van der Waals surface area contributed by atoms with E-state index in [-0.39, 0.29) is 12.2 Å². The topological polar surface area (TPSA) is 82.3 Å². The van der Waals surface area contributed by atoms with Crippen molar-refractivity contribution in [3.05, 3.63) is 78.8 Å². The first kappa shape index (κ1) is 14.9. The van der Waals surface area contributed by atoms with E-state index in [1.807, 2.05) is 18.2 Å². The number of nitrogens with zero attached hydrogens (tertiary/aromatic N) is 5. The van der Waals surface area contributed by atoms with E-state index < -0.39 is 0 Å². The van der Waals surface area contributed by atoms with Gasteiger partial charge in [0.15, 0.2) is 11.4 Å². The first-order valence-corrected chi connectivity index (χ1v) is 7.64. The molecule has 0 saturated heterocycles. The molecule has 4 heterocycles. The van der Waals surface area contributed by atoms with Crippen LogP contribution in [0, 0.1) is 0 Å². The van der Waals surface area contributed by atoms with E-state index in [0.717, 1.165) is 0 Å². The third-order valence-electron chi connectivity index (χ3n) is 3.59. The molecule has 0 aliphatic carbocycles. The molecule has 0 saturated carbocycles. The minimum atomic E-state index is -0.103. The fourth-order valence-electron chi connectivity index (χ4n) is 2.47. The molecule has 0 spiro atoms. The Bertz CT molecular complexity index is 1020. The Morgan fingerprint density at radius 3 is 2.84 bits per heavy atom. The summed E-state index contributed by atoms with van der Waals surface area (Å²) in [6.45, 7) is 0. The molecule has 7 heteroatoms. The minimum Gasteiger partial charge on any atom is -0.454 e. The molecule has 0 fully saturated rings. The molecule has 0 radical (unpaired) electrons. The molecule has 7 nitrogen and oxygen atoms in total. The lowest BCUT2D eigenvalue weighted by atomic mass is 10.1. The summed E-state index contributed by atoms with van der Waals surface area (Å²) in [5.41, 5.74) is 1.62. The van der Waals surface area contributed by atoms with Gasteiger partial charge in [-0.15, -0.1) is 0 Å². The van der Waals surface area contributed by atoms with Gasteiger partial charge >= 0.3 is 0 Å². The molecular weight excluding hydrogens is 318 g/mol.